The molecule has 1 heterocycles. The van der Waals surface area contributed by atoms with Crippen molar-refractivity contribution in [1.82, 2.24) is 10.2 Å². The predicted octanol–water partition coefficient (Wildman–Crippen LogP) is 1.59. The minimum atomic E-state index is -3.25. The normalized spacial score (nSPS) is 19.4. The zero-order valence-electron chi connectivity index (χ0n) is 14.0. The highest BCUT2D eigenvalue weighted by Crippen LogP contribution is 2.22. The van der Waals surface area contributed by atoms with Crippen LogP contribution in [0.25, 0.3) is 0 Å². The molecule has 23 heavy (non-hydrogen) atoms. The van der Waals surface area contributed by atoms with Crippen LogP contribution in [0.5, 0.6) is 0 Å². The van der Waals surface area contributed by atoms with Gasteiger partial charge < -0.3 is 15.3 Å². The second-order valence-corrected chi connectivity index (χ2v) is 8.44. The van der Waals surface area contributed by atoms with E-state index in [0.29, 0.717) is 18.0 Å². The molecule has 0 aromatic heterocycles. The number of likely N-dealkylation sites (tertiary alicyclic amines) is 1. The van der Waals surface area contributed by atoms with Crippen molar-refractivity contribution in [1.29, 1.82) is 0 Å². The number of aliphatic hydroxyl groups is 1. The van der Waals surface area contributed by atoms with E-state index >= 15 is 0 Å². The third kappa shape index (κ3) is 5.57. The quantitative estimate of drug-likeness (QED) is 0.789. The Bertz CT molecular complexity index is 598. The summed E-state index contributed by atoms with van der Waals surface area (Å²) in [7, 11) is -3.25. The van der Waals surface area contributed by atoms with Crippen molar-refractivity contribution in [2.24, 2.45) is 0 Å². The number of β-amino-alcohol motifs (C(OH)–C–C–N with tert-alkyl or cyclic N) is 1. The molecule has 6 heteroatoms. The number of benzene rings is 1. The monoisotopic (exact) mass is 340 g/mol. The van der Waals surface area contributed by atoms with Gasteiger partial charge >= 0.3 is 0 Å². The van der Waals surface area contributed by atoms with Gasteiger partial charge in [0.1, 0.15) is 0 Å². The number of hydrogen-bond donors (Lipinski definition) is 2. The molecule has 2 rings (SSSR count). The van der Waals surface area contributed by atoms with Crippen LogP contribution in [0.3, 0.4) is 0 Å². The van der Waals surface area contributed by atoms with Gasteiger partial charge in [-0.3, -0.25) is 0 Å². The molecule has 0 amide bonds. The number of nitrogens with zero attached hydrogens (tertiary/aromatic N) is 1. The number of aliphatic hydroxyl groups excluding tert-OH is 1. The molecule has 1 aliphatic rings. The van der Waals surface area contributed by atoms with Crippen molar-refractivity contribution < 1.29 is 13.5 Å². The molecule has 1 saturated heterocycles. The maximum atomic E-state index is 11.9. The summed E-state index contributed by atoms with van der Waals surface area (Å²) >= 11 is 0. The van der Waals surface area contributed by atoms with Gasteiger partial charge in [0.15, 0.2) is 9.84 Å². The van der Waals surface area contributed by atoms with E-state index in [1.807, 2.05) is 19.1 Å². The van der Waals surface area contributed by atoms with Gasteiger partial charge in [-0.25, -0.2) is 8.42 Å². The molecule has 0 spiro atoms. The van der Waals surface area contributed by atoms with Crippen molar-refractivity contribution in [2.75, 3.05) is 32.4 Å². The Hall–Kier alpha value is -0.950. The van der Waals surface area contributed by atoms with Crippen LogP contribution in [0.4, 0.5) is 0 Å². The van der Waals surface area contributed by atoms with Crippen LogP contribution in [0.1, 0.15) is 37.8 Å². The van der Waals surface area contributed by atoms with Gasteiger partial charge in [-0.1, -0.05) is 24.6 Å². The molecule has 0 bridgehead atoms. The van der Waals surface area contributed by atoms with Gasteiger partial charge in [-0.05, 0) is 44.5 Å². The Labute approximate surface area is 139 Å². The maximum absolute atomic E-state index is 11.9. The first kappa shape index (κ1) is 18.4. The highest BCUT2D eigenvalue weighted by atomic mass is 32.2. The first-order valence-corrected chi connectivity index (χ1v) is 10.2. The maximum Gasteiger partial charge on any atom is 0.175 e. The Kier molecular flexibility index (Phi) is 6.59. The van der Waals surface area contributed by atoms with E-state index in [-0.39, 0.29) is 6.04 Å². The van der Waals surface area contributed by atoms with E-state index in [2.05, 4.69) is 10.2 Å². The summed E-state index contributed by atoms with van der Waals surface area (Å²) in [6, 6.07) is 6.90. The van der Waals surface area contributed by atoms with Gasteiger partial charge in [-0.15, -0.1) is 0 Å². The van der Waals surface area contributed by atoms with Crippen molar-refractivity contribution in [3.8, 4) is 0 Å². The van der Waals surface area contributed by atoms with E-state index in [1.54, 1.807) is 12.1 Å². The van der Waals surface area contributed by atoms with E-state index < -0.39 is 15.9 Å². The minimum Gasteiger partial charge on any atom is -0.390 e. The number of rotatable bonds is 7. The van der Waals surface area contributed by atoms with Crippen molar-refractivity contribution >= 4 is 9.84 Å². The Balaban J connectivity index is 1.90. The second kappa shape index (κ2) is 8.24. The number of sulfone groups is 1. The number of hydrogen-bond acceptors (Lipinski definition) is 5. The Morgan fingerprint density at radius 2 is 1.87 bits per heavy atom. The highest BCUT2D eigenvalue weighted by molar-refractivity contribution is 7.90. The standard InChI is InChI=1S/C17H28N2O3S/c1-14(16-8-4-5-9-17(16)23(2,21)22)18-12-15(20)13-19-10-6-3-7-11-19/h4-5,8-9,14-15,18,20H,3,6-7,10-13H2,1-2H3. The fourth-order valence-corrected chi connectivity index (χ4v) is 4.10. The van der Waals surface area contributed by atoms with Crippen LogP contribution in [-0.2, 0) is 9.84 Å². The largest absolute Gasteiger partial charge is 0.390 e. The number of piperidine rings is 1. The molecule has 130 valence electrons. The van der Waals surface area contributed by atoms with Crippen molar-refractivity contribution in [2.45, 2.75) is 43.2 Å². The summed E-state index contributed by atoms with van der Waals surface area (Å²) in [4.78, 5) is 2.65. The molecule has 1 aromatic rings. The summed E-state index contributed by atoms with van der Waals surface area (Å²) in [6.07, 6.45) is 4.48. The zero-order chi connectivity index (χ0) is 16.9. The van der Waals surface area contributed by atoms with Crippen LogP contribution in [0, 0.1) is 0 Å². The lowest BCUT2D eigenvalue weighted by molar-refractivity contribution is 0.0982. The predicted molar refractivity (Wildman–Crippen MR) is 92.3 cm³/mol. The van der Waals surface area contributed by atoms with Gasteiger partial charge in [0, 0.05) is 25.4 Å². The first-order chi connectivity index (χ1) is 10.9. The molecule has 5 nitrogen and oxygen atoms in total. The van der Waals surface area contributed by atoms with E-state index in [9.17, 15) is 13.5 Å². The van der Waals surface area contributed by atoms with Gasteiger partial charge in [0.25, 0.3) is 0 Å². The number of nitrogens with one attached hydrogen (secondary N) is 1. The molecule has 2 unspecified atom stereocenters. The highest BCUT2D eigenvalue weighted by Gasteiger charge is 2.19. The first-order valence-electron chi connectivity index (χ1n) is 8.30. The lowest BCUT2D eigenvalue weighted by atomic mass is 10.1. The molecule has 0 radical (unpaired) electrons. The molecular formula is C17H28N2O3S. The summed E-state index contributed by atoms with van der Waals surface area (Å²) in [5.41, 5.74) is 0.750. The minimum absolute atomic E-state index is 0.128. The zero-order valence-corrected chi connectivity index (χ0v) is 14.8. The molecule has 1 fully saturated rings. The smallest absolute Gasteiger partial charge is 0.175 e. The van der Waals surface area contributed by atoms with E-state index in [4.69, 9.17) is 0 Å². The second-order valence-electron chi connectivity index (χ2n) is 6.46. The van der Waals surface area contributed by atoms with Crippen molar-refractivity contribution in [3.05, 3.63) is 29.8 Å². The average molecular weight is 340 g/mol. The van der Waals surface area contributed by atoms with E-state index in [0.717, 1.165) is 18.7 Å². The summed E-state index contributed by atoms with van der Waals surface area (Å²) in [6.45, 7) is 5.17. The SMILES string of the molecule is CC(NCC(O)CN1CCCCC1)c1ccccc1S(C)(=O)=O. The average Bonchev–Trinajstić information content (AvgIpc) is 2.53. The van der Waals surface area contributed by atoms with Crippen molar-refractivity contribution in [3.63, 3.8) is 0 Å². The summed E-state index contributed by atoms with van der Waals surface area (Å²) < 4.78 is 23.8. The Morgan fingerprint density at radius 1 is 1.22 bits per heavy atom. The summed E-state index contributed by atoms with van der Waals surface area (Å²) in [5.74, 6) is 0. The fourth-order valence-electron chi connectivity index (χ4n) is 3.10. The molecule has 2 N–H and O–H groups in total. The molecule has 1 aromatic carbocycles. The lowest BCUT2D eigenvalue weighted by Gasteiger charge is -2.29. The lowest BCUT2D eigenvalue weighted by Crippen LogP contribution is -2.41. The molecule has 1 aliphatic heterocycles. The molecular weight excluding hydrogens is 312 g/mol. The topological polar surface area (TPSA) is 69.6 Å². The fraction of sp³-hybridized carbons (Fsp3) is 0.647. The molecule has 0 aliphatic carbocycles. The molecule has 0 saturated carbocycles. The van der Waals surface area contributed by atoms with Gasteiger partial charge in [0.2, 0.25) is 0 Å². The van der Waals surface area contributed by atoms with Crippen LogP contribution in [0.2, 0.25) is 0 Å². The van der Waals surface area contributed by atoms with Crippen LogP contribution in [-0.4, -0.2) is 57.0 Å². The summed E-state index contributed by atoms with van der Waals surface area (Å²) in [5, 5.41) is 13.5. The van der Waals surface area contributed by atoms with Crippen LogP contribution < -0.4 is 5.32 Å². The van der Waals surface area contributed by atoms with Crippen LogP contribution >= 0.6 is 0 Å². The van der Waals surface area contributed by atoms with Gasteiger partial charge in [0.05, 0.1) is 11.0 Å². The third-order valence-corrected chi connectivity index (χ3v) is 5.53. The Morgan fingerprint density at radius 3 is 2.52 bits per heavy atom. The van der Waals surface area contributed by atoms with E-state index in [1.165, 1.54) is 25.5 Å². The molecule has 2 atom stereocenters. The van der Waals surface area contributed by atoms with Crippen LogP contribution in [0.15, 0.2) is 29.2 Å². The third-order valence-electron chi connectivity index (χ3n) is 4.36. The van der Waals surface area contributed by atoms with Gasteiger partial charge in [-0.2, -0.15) is 0 Å².